The topological polar surface area (TPSA) is 85.0 Å². The van der Waals surface area contributed by atoms with Gasteiger partial charge in [0, 0.05) is 18.1 Å². The Labute approximate surface area is 171 Å². The Bertz CT molecular complexity index is 1090. The van der Waals surface area contributed by atoms with E-state index < -0.39 is 11.0 Å². The molecule has 0 saturated carbocycles. The molecule has 0 radical (unpaired) electrons. The number of nitro groups is 1. The van der Waals surface area contributed by atoms with E-state index in [0.29, 0.717) is 28.3 Å². The summed E-state index contributed by atoms with van der Waals surface area (Å²) in [5.74, 6) is 0.353. The predicted octanol–water partition coefficient (Wildman–Crippen LogP) is 4.66. The average Bonchev–Trinajstić information content (AvgIpc) is 3.43. The number of nitrogens with zero attached hydrogens (tertiary/aromatic N) is 3. The van der Waals surface area contributed by atoms with Crippen molar-refractivity contribution >= 4 is 28.6 Å². The zero-order valence-electron chi connectivity index (χ0n) is 15.5. The van der Waals surface area contributed by atoms with Crippen molar-refractivity contribution in [3.05, 3.63) is 92.2 Å². The minimum Gasteiger partial charge on any atom is -0.496 e. The van der Waals surface area contributed by atoms with Gasteiger partial charge in [-0.2, -0.15) is 5.10 Å². The largest absolute Gasteiger partial charge is 0.496 e. The molecule has 2 aromatic carbocycles. The highest BCUT2D eigenvalue weighted by Gasteiger charge is 2.37. The number of thiophene rings is 1. The lowest BCUT2D eigenvalue weighted by molar-refractivity contribution is -0.385. The van der Waals surface area contributed by atoms with Crippen molar-refractivity contribution in [2.75, 3.05) is 7.11 Å². The standard InChI is InChI=1S/C21H17N3O4S/c1-28-19-10-5-3-7-14(19)16-13-18(15-8-2-4-9-17(15)24(26)27)23(22-16)21(25)20-11-6-12-29-20/h2-12,18H,13H2,1H3. The highest BCUT2D eigenvalue weighted by molar-refractivity contribution is 7.12. The smallest absolute Gasteiger partial charge is 0.284 e. The van der Waals surface area contributed by atoms with E-state index in [1.807, 2.05) is 29.6 Å². The molecule has 7 nitrogen and oxygen atoms in total. The summed E-state index contributed by atoms with van der Waals surface area (Å²) >= 11 is 1.31. The van der Waals surface area contributed by atoms with Gasteiger partial charge < -0.3 is 4.74 Å². The number of rotatable bonds is 5. The molecule has 3 aromatic rings. The van der Waals surface area contributed by atoms with Gasteiger partial charge in [0.15, 0.2) is 0 Å². The Kier molecular flexibility index (Phi) is 5.09. The molecule has 29 heavy (non-hydrogen) atoms. The first-order valence-corrected chi connectivity index (χ1v) is 9.79. The van der Waals surface area contributed by atoms with Gasteiger partial charge in [-0.05, 0) is 29.6 Å². The molecule has 1 aromatic heterocycles. The first-order valence-electron chi connectivity index (χ1n) is 8.91. The number of benzene rings is 2. The van der Waals surface area contributed by atoms with Crippen LogP contribution in [0.5, 0.6) is 5.75 Å². The van der Waals surface area contributed by atoms with Crippen molar-refractivity contribution < 1.29 is 14.5 Å². The highest BCUT2D eigenvalue weighted by atomic mass is 32.1. The Hall–Kier alpha value is -3.52. The second-order valence-corrected chi connectivity index (χ2v) is 7.36. The Morgan fingerprint density at radius 3 is 2.66 bits per heavy atom. The molecule has 0 N–H and O–H groups in total. The maximum absolute atomic E-state index is 13.1. The van der Waals surface area contributed by atoms with Crippen molar-refractivity contribution in [3.63, 3.8) is 0 Å². The molecular weight excluding hydrogens is 390 g/mol. The van der Waals surface area contributed by atoms with Crippen LogP contribution >= 0.6 is 11.3 Å². The van der Waals surface area contributed by atoms with E-state index in [-0.39, 0.29) is 11.6 Å². The lowest BCUT2D eigenvalue weighted by atomic mass is 9.96. The van der Waals surface area contributed by atoms with E-state index in [1.165, 1.54) is 22.4 Å². The fourth-order valence-corrected chi connectivity index (χ4v) is 4.09. The predicted molar refractivity (Wildman–Crippen MR) is 110 cm³/mol. The molecule has 1 amide bonds. The van der Waals surface area contributed by atoms with Crippen molar-refractivity contribution in [1.82, 2.24) is 5.01 Å². The number of carbonyl (C=O) groups excluding carboxylic acids is 1. The fraction of sp³-hybridized carbons (Fsp3) is 0.143. The molecule has 1 unspecified atom stereocenters. The fourth-order valence-electron chi connectivity index (χ4n) is 3.43. The molecule has 1 atom stereocenters. The third kappa shape index (κ3) is 3.50. The molecule has 0 saturated heterocycles. The van der Waals surface area contributed by atoms with Gasteiger partial charge in [-0.1, -0.05) is 30.3 Å². The molecule has 4 rings (SSSR count). The number of hydrogen-bond donors (Lipinski definition) is 0. The second-order valence-electron chi connectivity index (χ2n) is 6.41. The summed E-state index contributed by atoms with van der Waals surface area (Å²) in [5.41, 5.74) is 1.84. The molecular formula is C21H17N3O4S. The van der Waals surface area contributed by atoms with E-state index in [1.54, 1.807) is 37.4 Å². The molecule has 1 aliphatic rings. The van der Waals surface area contributed by atoms with Gasteiger partial charge in [-0.3, -0.25) is 14.9 Å². The van der Waals surface area contributed by atoms with Crippen LogP contribution in [0.2, 0.25) is 0 Å². The van der Waals surface area contributed by atoms with Crippen molar-refractivity contribution in [2.24, 2.45) is 5.10 Å². The van der Waals surface area contributed by atoms with Crippen LogP contribution in [0.25, 0.3) is 0 Å². The zero-order chi connectivity index (χ0) is 20.4. The summed E-state index contributed by atoms with van der Waals surface area (Å²) in [4.78, 5) is 24.8. The average molecular weight is 407 g/mol. The quantitative estimate of drug-likeness (QED) is 0.455. The Morgan fingerprint density at radius 1 is 1.17 bits per heavy atom. The number of methoxy groups -OCH3 is 1. The van der Waals surface area contributed by atoms with Gasteiger partial charge >= 0.3 is 0 Å². The van der Waals surface area contributed by atoms with Crippen molar-refractivity contribution in [2.45, 2.75) is 12.5 Å². The third-order valence-electron chi connectivity index (χ3n) is 4.76. The molecule has 0 fully saturated rings. The molecule has 2 heterocycles. The summed E-state index contributed by atoms with van der Waals surface area (Å²) in [6, 6.07) is 16.8. The Morgan fingerprint density at radius 2 is 1.93 bits per heavy atom. The first-order chi connectivity index (χ1) is 14.1. The summed E-state index contributed by atoms with van der Waals surface area (Å²) < 4.78 is 5.44. The zero-order valence-corrected chi connectivity index (χ0v) is 16.3. The van der Waals surface area contributed by atoms with Crippen LogP contribution in [0.3, 0.4) is 0 Å². The number of amides is 1. The van der Waals surface area contributed by atoms with Gasteiger partial charge in [0.1, 0.15) is 5.75 Å². The van der Waals surface area contributed by atoms with E-state index in [0.717, 1.165) is 5.56 Å². The SMILES string of the molecule is COc1ccccc1C1=NN(C(=O)c2cccs2)C(c2ccccc2[N+](=O)[O-])C1. The number of para-hydroxylation sites is 2. The lowest BCUT2D eigenvalue weighted by Crippen LogP contribution is -2.26. The van der Waals surface area contributed by atoms with Crippen LogP contribution < -0.4 is 4.74 Å². The number of carbonyl (C=O) groups is 1. The third-order valence-corrected chi connectivity index (χ3v) is 5.62. The molecule has 0 aliphatic carbocycles. The van der Waals surface area contributed by atoms with E-state index in [9.17, 15) is 14.9 Å². The highest BCUT2D eigenvalue weighted by Crippen LogP contribution is 2.39. The summed E-state index contributed by atoms with van der Waals surface area (Å²) in [7, 11) is 1.57. The summed E-state index contributed by atoms with van der Waals surface area (Å²) in [6.07, 6.45) is 0.350. The maximum atomic E-state index is 13.1. The number of hydrazone groups is 1. The Balaban J connectivity index is 1.81. The van der Waals surface area contributed by atoms with Gasteiger partial charge in [-0.15, -0.1) is 11.3 Å². The van der Waals surface area contributed by atoms with Crippen LogP contribution in [0.4, 0.5) is 5.69 Å². The van der Waals surface area contributed by atoms with E-state index >= 15 is 0 Å². The van der Waals surface area contributed by atoms with Crippen LogP contribution in [-0.2, 0) is 0 Å². The number of ether oxygens (including phenoxy) is 1. The maximum Gasteiger partial charge on any atom is 0.284 e. The first kappa shape index (κ1) is 18.8. The van der Waals surface area contributed by atoms with E-state index in [4.69, 9.17) is 4.74 Å². The number of nitro benzene ring substituents is 1. The van der Waals surface area contributed by atoms with Crippen LogP contribution in [-0.4, -0.2) is 28.7 Å². The summed E-state index contributed by atoms with van der Waals surface area (Å²) in [5, 5.41) is 19.3. The van der Waals surface area contributed by atoms with Gasteiger partial charge in [-0.25, -0.2) is 5.01 Å². The van der Waals surface area contributed by atoms with Gasteiger partial charge in [0.05, 0.1) is 34.2 Å². The molecule has 0 bridgehead atoms. The van der Waals surface area contributed by atoms with Crippen molar-refractivity contribution in [3.8, 4) is 5.75 Å². The lowest BCUT2D eigenvalue weighted by Gasteiger charge is -2.21. The summed E-state index contributed by atoms with van der Waals surface area (Å²) in [6.45, 7) is 0. The van der Waals surface area contributed by atoms with Crippen LogP contribution in [0, 0.1) is 10.1 Å². The normalized spacial score (nSPS) is 15.8. The minimum absolute atomic E-state index is 0.0297. The second kappa shape index (κ2) is 7.84. The molecule has 0 spiro atoms. The van der Waals surface area contributed by atoms with Crippen LogP contribution in [0.15, 0.2) is 71.1 Å². The van der Waals surface area contributed by atoms with Gasteiger partial charge in [0.2, 0.25) is 0 Å². The van der Waals surface area contributed by atoms with Crippen molar-refractivity contribution in [1.29, 1.82) is 0 Å². The monoisotopic (exact) mass is 407 g/mol. The number of hydrogen-bond acceptors (Lipinski definition) is 6. The molecule has 146 valence electrons. The molecule has 1 aliphatic heterocycles. The van der Waals surface area contributed by atoms with E-state index in [2.05, 4.69) is 5.10 Å². The molecule has 8 heteroatoms. The van der Waals surface area contributed by atoms with Gasteiger partial charge in [0.25, 0.3) is 11.6 Å². The minimum atomic E-state index is -0.578. The van der Waals surface area contributed by atoms with Crippen LogP contribution in [0.1, 0.15) is 33.3 Å².